The summed E-state index contributed by atoms with van der Waals surface area (Å²) in [5, 5.41) is 5.34. The number of benzene rings is 2. The van der Waals surface area contributed by atoms with Crippen LogP contribution >= 0.6 is 0 Å². The van der Waals surface area contributed by atoms with Crippen LogP contribution in [0.2, 0.25) is 18.1 Å². The molecule has 0 unspecified atom stereocenters. The summed E-state index contributed by atoms with van der Waals surface area (Å²) < 4.78 is 2.28. The number of nitrogens with one attached hydrogen (secondary N) is 1. The number of fused-ring (bicyclic) bond motifs is 2. The van der Waals surface area contributed by atoms with Crippen molar-refractivity contribution >= 4 is 27.4 Å². The van der Waals surface area contributed by atoms with Gasteiger partial charge in [-0.3, -0.25) is 0 Å². The van der Waals surface area contributed by atoms with Crippen LogP contribution in [0.25, 0.3) is 22.4 Å². The Bertz CT molecular complexity index is 1030. The molecule has 1 N–H and O–H groups in total. The molecule has 3 heterocycles. The van der Waals surface area contributed by atoms with Crippen LogP contribution in [0.5, 0.6) is 0 Å². The second kappa shape index (κ2) is 9.50. The first-order chi connectivity index (χ1) is 13.7. The molecule has 2 nitrogen and oxygen atoms in total. The Morgan fingerprint density at radius 3 is 2.57 bits per heavy atom. The molecule has 5 rings (SSSR count). The number of anilines is 1. The topological polar surface area (TPSA) is 15.9 Å². The van der Waals surface area contributed by atoms with E-state index < -0.39 is 8.07 Å². The molecule has 1 spiro atoms. The van der Waals surface area contributed by atoms with Gasteiger partial charge in [-0.2, -0.15) is 42.0 Å². The van der Waals surface area contributed by atoms with Gasteiger partial charge in [0.25, 0.3) is 0 Å². The van der Waals surface area contributed by atoms with Crippen molar-refractivity contribution in [2.75, 3.05) is 11.9 Å². The maximum Gasteiger partial charge on any atom is 0.185 e. The van der Waals surface area contributed by atoms with E-state index in [4.69, 9.17) is 0 Å². The van der Waals surface area contributed by atoms with Gasteiger partial charge in [0.1, 0.15) is 12.7 Å². The maximum atomic E-state index is 3.71. The summed E-state index contributed by atoms with van der Waals surface area (Å²) in [6.07, 6.45) is 5.17. The SMILES string of the molecule is Cc1ccc(-c2[c-]cccc2)[c-]c1-c1cc2c(c[n+]1C)NCC[Si]21CCCC1.[B].[Y]. The molecule has 148 valence electrons. The zero-order valence-corrected chi connectivity index (χ0v) is 21.8. The monoisotopic (exact) mass is 483 g/mol. The summed E-state index contributed by atoms with van der Waals surface area (Å²) in [6, 6.07) is 26.5. The molecule has 0 atom stereocenters. The van der Waals surface area contributed by atoms with E-state index in [2.05, 4.69) is 72.5 Å². The van der Waals surface area contributed by atoms with Gasteiger partial charge in [-0.1, -0.05) is 37.4 Å². The van der Waals surface area contributed by atoms with Crippen LogP contribution in [0, 0.1) is 19.1 Å². The molecule has 1 saturated heterocycles. The number of hydrogen-bond acceptors (Lipinski definition) is 1. The standard InChI is InChI=1S/C25H27N2Si.B.Y/c1-19-10-11-21(20-8-4-3-5-9-20)16-22(19)24-17-25-23(18-27(24)2)26-12-15-28(25)13-6-7-14-28;;/h3-5,8,10-11,17-18,26H,6-7,12-15H2,1-2H3;;/q-1;;. The van der Waals surface area contributed by atoms with E-state index in [-0.39, 0.29) is 41.1 Å². The van der Waals surface area contributed by atoms with Crippen LogP contribution in [0.3, 0.4) is 0 Å². The van der Waals surface area contributed by atoms with Gasteiger partial charge in [0, 0.05) is 47.7 Å². The third-order valence-corrected chi connectivity index (χ3v) is 12.1. The molecular weight excluding hydrogens is 456 g/mol. The first-order valence-corrected chi connectivity index (χ1v) is 13.1. The first-order valence-electron chi connectivity index (χ1n) is 10.4. The van der Waals surface area contributed by atoms with Crippen LogP contribution < -0.4 is 15.1 Å². The molecular formula is C25H27BN2SiY-. The molecule has 1 aromatic heterocycles. The van der Waals surface area contributed by atoms with E-state index in [0.29, 0.717) is 0 Å². The van der Waals surface area contributed by atoms with Crippen molar-refractivity contribution < 1.29 is 37.3 Å². The Hall–Kier alpha value is -1.22. The van der Waals surface area contributed by atoms with Gasteiger partial charge in [0.15, 0.2) is 6.20 Å². The smallest absolute Gasteiger partial charge is 0.185 e. The molecule has 2 aromatic carbocycles. The van der Waals surface area contributed by atoms with E-state index in [1.807, 2.05) is 12.1 Å². The predicted molar refractivity (Wildman–Crippen MR) is 124 cm³/mol. The molecule has 0 bridgehead atoms. The zero-order valence-electron chi connectivity index (χ0n) is 18.0. The predicted octanol–water partition coefficient (Wildman–Crippen LogP) is 4.25. The van der Waals surface area contributed by atoms with E-state index in [9.17, 15) is 0 Å². The Kier molecular flexibility index (Phi) is 7.42. The molecule has 1 fully saturated rings. The fraction of sp³-hybridized carbons (Fsp3) is 0.320. The second-order valence-electron chi connectivity index (χ2n) is 8.47. The third-order valence-electron chi connectivity index (χ3n) is 6.73. The Labute approximate surface area is 209 Å². The van der Waals surface area contributed by atoms with Gasteiger partial charge in [0.05, 0.1) is 13.8 Å². The van der Waals surface area contributed by atoms with E-state index in [0.717, 1.165) is 17.7 Å². The van der Waals surface area contributed by atoms with Gasteiger partial charge in [-0.25, -0.2) is 10.1 Å². The summed E-state index contributed by atoms with van der Waals surface area (Å²) in [5.41, 5.74) is 7.39. The zero-order chi connectivity index (χ0) is 19.1. The molecule has 3 aromatic rings. The fourth-order valence-corrected chi connectivity index (χ4v) is 10.4. The van der Waals surface area contributed by atoms with Crippen LogP contribution in [-0.4, -0.2) is 23.0 Å². The number of aryl methyl sites for hydroxylation is 2. The van der Waals surface area contributed by atoms with Crippen molar-refractivity contribution in [3.05, 3.63) is 66.4 Å². The van der Waals surface area contributed by atoms with Gasteiger partial charge >= 0.3 is 0 Å². The number of nitrogens with zero attached hydrogens (tertiary/aromatic N) is 1. The number of hydrogen-bond donors (Lipinski definition) is 1. The van der Waals surface area contributed by atoms with Gasteiger partial charge < -0.3 is 5.32 Å². The number of rotatable bonds is 2. The molecule has 30 heavy (non-hydrogen) atoms. The minimum atomic E-state index is -1.32. The second-order valence-corrected chi connectivity index (χ2v) is 13.1. The molecule has 0 aliphatic carbocycles. The summed E-state index contributed by atoms with van der Waals surface area (Å²) in [5.74, 6) is 0. The molecule has 4 radical (unpaired) electrons. The summed E-state index contributed by atoms with van der Waals surface area (Å²) >= 11 is 0. The third kappa shape index (κ3) is 4.11. The van der Waals surface area contributed by atoms with Crippen molar-refractivity contribution in [1.82, 2.24) is 0 Å². The van der Waals surface area contributed by atoms with Crippen molar-refractivity contribution in [2.45, 2.75) is 37.9 Å². The van der Waals surface area contributed by atoms with Gasteiger partial charge in [-0.05, 0) is 17.3 Å². The molecule has 5 heteroatoms. The van der Waals surface area contributed by atoms with Crippen LogP contribution in [0.1, 0.15) is 18.4 Å². The quantitative estimate of drug-likeness (QED) is 0.328. The van der Waals surface area contributed by atoms with Crippen LogP contribution in [0.15, 0.2) is 48.7 Å². The summed E-state index contributed by atoms with van der Waals surface area (Å²) in [7, 11) is 0.852. The van der Waals surface area contributed by atoms with Crippen molar-refractivity contribution in [3.63, 3.8) is 0 Å². The first kappa shape index (κ1) is 23.4. The number of pyridine rings is 1. The molecule has 0 saturated carbocycles. The van der Waals surface area contributed by atoms with E-state index in [1.165, 1.54) is 53.5 Å². The van der Waals surface area contributed by atoms with E-state index in [1.54, 1.807) is 5.19 Å². The normalized spacial score (nSPS) is 16.2. The van der Waals surface area contributed by atoms with Crippen molar-refractivity contribution in [3.8, 4) is 22.4 Å². The number of aromatic nitrogens is 1. The van der Waals surface area contributed by atoms with Crippen molar-refractivity contribution in [2.24, 2.45) is 7.05 Å². The largest absolute Gasteiger partial charge is 0.381 e. The van der Waals surface area contributed by atoms with Gasteiger partial charge in [0.2, 0.25) is 0 Å². The van der Waals surface area contributed by atoms with Gasteiger partial charge in [-0.15, -0.1) is 17.7 Å². The Morgan fingerprint density at radius 2 is 1.83 bits per heavy atom. The minimum absolute atomic E-state index is 0. The summed E-state index contributed by atoms with van der Waals surface area (Å²) in [6.45, 7) is 3.35. The average molecular weight is 483 g/mol. The summed E-state index contributed by atoms with van der Waals surface area (Å²) in [4.78, 5) is 0. The molecule has 2 aliphatic heterocycles. The molecule has 0 amide bonds. The van der Waals surface area contributed by atoms with E-state index >= 15 is 0 Å². The fourth-order valence-electron chi connectivity index (χ4n) is 5.17. The van der Waals surface area contributed by atoms with Crippen LogP contribution in [0.4, 0.5) is 5.69 Å². The minimum Gasteiger partial charge on any atom is -0.381 e. The molecule has 2 aliphatic rings. The van der Waals surface area contributed by atoms with Crippen molar-refractivity contribution in [1.29, 1.82) is 0 Å². The Balaban J connectivity index is 0.00000128. The Morgan fingerprint density at radius 1 is 1.03 bits per heavy atom. The maximum absolute atomic E-state index is 3.71. The average Bonchev–Trinajstić information content (AvgIpc) is 3.18. The van der Waals surface area contributed by atoms with Crippen LogP contribution in [-0.2, 0) is 39.8 Å².